The molecule has 2 amide bonds. The van der Waals surface area contributed by atoms with Crippen LogP contribution in [0.25, 0.3) is 0 Å². The summed E-state index contributed by atoms with van der Waals surface area (Å²) in [6.45, 7) is 2.08. The highest BCUT2D eigenvalue weighted by Gasteiger charge is 2.35. The summed E-state index contributed by atoms with van der Waals surface area (Å²) in [6, 6.07) is 11.0. The van der Waals surface area contributed by atoms with E-state index in [4.69, 9.17) is 9.15 Å². The van der Waals surface area contributed by atoms with E-state index in [0.717, 1.165) is 50.3 Å². The van der Waals surface area contributed by atoms with Crippen molar-refractivity contribution in [2.75, 3.05) is 19.6 Å². The Bertz CT molecular complexity index is 788. The second-order valence-corrected chi connectivity index (χ2v) is 7.53. The number of likely N-dealkylation sites (tertiary alicyclic amines) is 1. The van der Waals surface area contributed by atoms with Gasteiger partial charge in [-0.2, -0.15) is 0 Å². The smallest absolute Gasteiger partial charge is 0.251 e. The number of carbonyl (C=O) groups excluding carboxylic acids is 2. The molecule has 1 saturated carbocycles. The first-order valence-electron chi connectivity index (χ1n) is 10.0. The van der Waals surface area contributed by atoms with Crippen molar-refractivity contribution >= 4 is 11.8 Å². The molecule has 1 aliphatic heterocycles. The molecule has 2 aliphatic rings. The van der Waals surface area contributed by atoms with E-state index in [2.05, 4.69) is 5.32 Å². The molecular formula is C22H26N2O4. The molecule has 0 bridgehead atoms. The van der Waals surface area contributed by atoms with Crippen LogP contribution in [0.1, 0.15) is 41.8 Å². The number of rotatable bonds is 7. The second kappa shape index (κ2) is 8.50. The molecule has 6 heteroatoms. The fourth-order valence-corrected chi connectivity index (χ4v) is 3.52. The van der Waals surface area contributed by atoms with Gasteiger partial charge >= 0.3 is 0 Å². The van der Waals surface area contributed by atoms with E-state index in [-0.39, 0.29) is 17.9 Å². The highest BCUT2D eigenvalue weighted by Crippen LogP contribution is 2.32. The van der Waals surface area contributed by atoms with Crippen molar-refractivity contribution in [2.45, 2.75) is 38.2 Å². The lowest BCUT2D eigenvalue weighted by atomic mass is 10.1. The van der Waals surface area contributed by atoms with Crippen LogP contribution in [0.5, 0.6) is 5.75 Å². The molecule has 1 aromatic heterocycles. The van der Waals surface area contributed by atoms with E-state index in [0.29, 0.717) is 24.4 Å². The number of amides is 2. The van der Waals surface area contributed by atoms with Gasteiger partial charge < -0.3 is 19.4 Å². The average molecular weight is 382 g/mol. The van der Waals surface area contributed by atoms with Gasteiger partial charge in [0.2, 0.25) is 5.91 Å². The highest BCUT2D eigenvalue weighted by atomic mass is 16.5. The Balaban J connectivity index is 1.21. The minimum atomic E-state index is -0.106. The van der Waals surface area contributed by atoms with Crippen molar-refractivity contribution in [2.24, 2.45) is 5.92 Å². The zero-order chi connectivity index (χ0) is 19.3. The van der Waals surface area contributed by atoms with Crippen LogP contribution < -0.4 is 10.1 Å². The van der Waals surface area contributed by atoms with Crippen molar-refractivity contribution in [1.29, 1.82) is 0 Å². The van der Waals surface area contributed by atoms with Crippen molar-refractivity contribution in [3.63, 3.8) is 0 Å². The van der Waals surface area contributed by atoms with Gasteiger partial charge in [0.25, 0.3) is 5.91 Å². The molecule has 2 heterocycles. The van der Waals surface area contributed by atoms with Crippen LogP contribution in [-0.4, -0.2) is 42.5 Å². The van der Waals surface area contributed by atoms with Crippen LogP contribution in [0.3, 0.4) is 0 Å². The summed E-state index contributed by atoms with van der Waals surface area (Å²) < 4.78 is 11.3. The molecule has 0 atom stereocenters. The summed E-state index contributed by atoms with van der Waals surface area (Å²) in [5.74, 6) is 2.12. The lowest BCUT2D eigenvalue weighted by Crippen LogP contribution is -2.42. The topological polar surface area (TPSA) is 71.8 Å². The zero-order valence-electron chi connectivity index (χ0n) is 15.9. The Labute approximate surface area is 164 Å². The molecule has 0 radical (unpaired) electrons. The summed E-state index contributed by atoms with van der Waals surface area (Å²) in [5, 5.41) is 2.89. The summed E-state index contributed by atoms with van der Waals surface area (Å²) in [5.41, 5.74) is 0.608. The Kier molecular flexibility index (Phi) is 5.65. The molecule has 0 spiro atoms. The maximum absolute atomic E-state index is 12.2. The fraction of sp³-hybridized carbons (Fsp3) is 0.455. The average Bonchev–Trinajstić information content (AvgIpc) is 3.45. The molecule has 1 aliphatic carbocycles. The largest absolute Gasteiger partial charge is 0.490 e. The Morgan fingerprint density at radius 1 is 1.07 bits per heavy atom. The number of hydrogen-bond acceptors (Lipinski definition) is 4. The van der Waals surface area contributed by atoms with Gasteiger partial charge in [-0.25, -0.2) is 0 Å². The third-order valence-electron chi connectivity index (χ3n) is 5.34. The van der Waals surface area contributed by atoms with Gasteiger partial charge in [0, 0.05) is 50.4 Å². The summed E-state index contributed by atoms with van der Waals surface area (Å²) in [4.78, 5) is 26.3. The molecule has 1 N–H and O–H groups in total. The van der Waals surface area contributed by atoms with E-state index in [1.54, 1.807) is 18.4 Å². The SMILES string of the molecule is O=C(NCCc1ccco1)c1ccc(OC2CCN(C(=O)C3CC3)CC2)cc1. The van der Waals surface area contributed by atoms with E-state index < -0.39 is 0 Å². The van der Waals surface area contributed by atoms with Crippen molar-refractivity contribution < 1.29 is 18.7 Å². The Morgan fingerprint density at radius 3 is 2.46 bits per heavy atom. The van der Waals surface area contributed by atoms with Crippen LogP contribution in [0.2, 0.25) is 0 Å². The van der Waals surface area contributed by atoms with Crippen LogP contribution >= 0.6 is 0 Å². The monoisotopic (exact) mass is 382 g/mol. The molecular weight excluding hydrogens is 356 g/mol. The Morgan fingerprint density at radius 2 is 1.82 bits per heavy atom. The number of ether oxygens (including phenoxy) is 1. The normalized spacial score (nSPS) is 17.4. The number of nitrogens with zero attached hydrogens (tertiary/aromatic N) is 1. The van der Waals surface area contributed by atoms with Gasteiger partial charge in [-0.3, -0.25) is 9.59 Å². The van der Waals surface area contributed by atoms with Gasteiger partial charge in [0.15, 0.2) is 0 Å². The number of furan rings is 1. The van der Waals surface area contributed by atoms with Crippen LogP contribution in [0.15, 0.2) is 47.1 Å². The quantitative estimate of drug-likeness (QED) is 0.799. The van der Waals surface area contributed by atoms with Gasteiger partial charge in [0.1, 0.15) is 17.6 Å². The molecule has 0 unspecified atom stereocenters. The van der Waals surface area contributed by atoms with E-state index in [1.165, 1.54) is 0 Å². The number of hydrogen-bond donors (Lipinski definition) is 1. The number of piperidine rings is 1. The van der Waals surface area contributed by atoms with Gasteiger partial charge in [-0.05, 0) is 49.2 Å². The molecule has 6 nitrogen and oxygen atoms in total. The minimum absolute atomic E-state index is 0.106. The van der Waals surface area contributed by atoms with Crippen molar-refractivity contribution in [1.82, 2.24) is 10.2 Å². The van der Waals surface area contributed by atoms with Gasteiger partial charge in [-0.15, -0.1) is 0 Å². The number of carbonyl (C=O) groups is 2. The standard InChI is InChI=1S/C22H26N2O4/c25-21(23-12-9-18-2-1-15-27-18)16-5-7-19(8-6-16)28-20-10-13-24(14-11-20)22(26)17-3-4-17/h1-2,5-8,15,17,20H,3-4,9-14H2,(H,23,25). The van der Waals surface area contributed by atoms with E-state index >= 15 is 0 Å². The number of benzene rings is 1. The lowest BCUT2D eigenvalue weighted by molar-refractivity contribution is -0.134. The molecule has 1 saturated heterocycles. The molecule has 4 rings (SSSR count). The first kappa shape index (κ1) is 18.6. The molecule has 2 fully saturated rings. The minimum Gasteiger partial charge on any atom is -0.490 e. The highest BCUT2D eigenvalue weighted by molar-refractivity contribution is 5.94. The van der Waals surface area contributed by atoms with E-state index in [1.807, 2.05) is 29.2 Å². The maximum atomic E-state index is 12.2. The molecule has 2 aromatic rings. The lowest BCUT2D eigenvalue weighted by Gasteiger charge is -2.32. The predicted molar refractivity (Wildman–Crippen MR) is 104 cm³/mol. The molecule has 148 valence electrons. The van der Waals surface area contributed by atoms with Crippen LogP contribution in [0.4, 0.5) is 0 Å². The van der Waals surface area contributed by atoms with Gasteiger partial charge in [-0.1, -0.05) is 0 Å². The molecule has 28 heavy (non-hydrogen) atoms. The van der Waals surface area contributed by atoms with Gasteiger partial charge in [0.05, 0.1) is 6.26 Å². The Hall–Kier alpha value is -2.76. The summed E-state index contributed by atoms with van der Waals surface area (Å²) in [6.07, 6.45) is 6.24. The fourth-order valence-electron chi connectivity index (χ4n) is 3.52. The third-order valence-corrected chi connectivity index (χ3v) is 5.34. The first-order valence-corrected chi connectivity index (χ1v) is 10.0. The second-order valence-electron chi connectivity index (χ2n) is 7.53. The zero-order valence-corrected chi connectivity index (χ0v) is 15.9. The predicted octanol–water partition coefficient (Wildman–Crippen LogP) is 3.03. The summed E-state index contributed by atoms with van der Waals surface area (Å²) >= 11 is 0. The van der Waals surface area contributed by atoms with E-state index in [9.17, 15) is 9.59 Å². The first-order chi connectivity index (χ1) is 13.7. The van der Waals surface area contributed by atoms with Crippen molar-refractivity contribution in [3.05, 3.63) is 54.0 Å². The van der Waals surface area contributed by atoms with Crippen LogP contribution in [0, 0.1) is 5.92 Å². The third kappa shape index (κ3) is 4.74. The maximum Gasteiger partial charge on any atom is 0.251 e. The number of nitrogens with one attached hydrogen (secondary N) is 1. The van der Waals surface area contributed by atoms with Crippen LogP contribution in [-0.2, 0) is 11.2 Å². The van der Waals surface area contributed by atoms with Crippen molar-refractivity contribution in [3.8, 4) is 5.75 Å². The summed E-state index contributed by atoms with van der Waals surface area (Å²) in [7, 11) is 0. The molecule has 1 aromatic carbocycles.